The molecule has 0 aliphatic carbocycles. The minimum Gasteiger partial charge on any atom is -0.366 e. The summed E-state index contributed by atoms with van der Waals surface area (Å²) < 4.78 is 7.32. The van der Waals surface area contributed by atoms with E-state index in [1.807, 2.05) is 68.2 Å². The van der Waals surface area contributed by atoms with E-state index in [1.54, 1.807) is 45.9 Å². The van der Waals surface area contributed by atoms with Gasteiger partial charge in [0.25, 0.3) is 5.91 Å². The van der Waals surface area contributed by atoms with Crippen LogP contribution in [0.3, 0.4) is 0 Å². The fourth-order valence-corrected chi connectivity index (χ4v) is 6.54. The molecule has 0 aliphatic heterocycles. The van der Waals surface area contributed by atoms with Gasteiger partial charge in [-0.1, -0.05) is 12.2 Å². The number of aromatic nitrogens is 9. The van der Waals surface area contributed by atoms with Crippen LogP contribution < -0.4 is 16.8 Å². The predicted molar refractivity (Wildman–Crippen MR) is 193 cm³/mol. The minimum atomic E-state index is -0.568. The van der Waals surface area contributed by atoms with Crippen LogP contribution in [-0.2, 0) is 26.7 Å². The zero-order valence-corrected chi connectivity index (χ0v) is 28.8. The normalized spacial score (nSPS) is 11.8. The molecule has 15 nitrogen and oxygen atoms in total. The number of imidazole rings is 1. The number of hydrogen-bond acceptors (Lipinski definition) is 8. The Labute approximate surface area is 291 Å². The molecule has 7 aromatic rings. The molecule has 0 bridgehead atoms. The first-order valence-corrected chi connectivity index (χ1v) is 16.3. The van der Waals surface area contributed by atoms with Crippen molar-refractivity contribution >= 4 is 56.6 Å². The molecule has 0 saturated carbocycles. The standard InChI is InChI=1S/C36H36N12O3/c1-6-48-29(15-21(4)44-48)35(51)42-36-40-26-17-23(32(38)50)13-19(2)30(26)47(36)12-8-7-11-46-27-10-9-22(31(37)49)16-24(27)25-18-39-33(41-34(25)46)28-14-20(3)43-45(28)5/h7-10,13-18H,6,11-12H2,1-5H3,(H2,37,49)(H2,38,50)(H,40,42,51)/b8-7+. The summed E-state index contributed by atoms with van der Waals surface area (Å²) in [5.41, 5.74) is 18.3. The molecule has 0 spiro atoms. The van der Waals surface area contributed by atoms with Gasteiger partial charge in [0.2, 0.25) is 17.8 Å². The highest BCUT2D eigenvalue weighted by atomic mass is 16.2. The monoisotopic (exact) mass is 684 g/mol. The molecule has 5 heterocycles. The van der Waals surface area contributed by atoms with Crippen molar-refractivity contribution in [1.82, 2.24) is 43.6 Å². The van der Waals surface area contributed by atoms with Crippen molar-refractivity contribution in [1.29, 1.82) is 0 Å². The molecule has 0 saturated heterocycles. The number of allylic oxidation sites excluding steroid dienone is 2. The van der Waals surface area contributed by atoms with E-state index in [2.05, 4.69) is 20.5 Å². The van der Waals surface area contributed by atoms with Crippen LogP contribution in [-0.4, -0.2) is 61.4 Å². The SMILES string of the molecule is CCn1nc(C)cc1C(=O)Nc1nc2cc(C(N)=O)cc(C)c2n1C/C=C/Cn1c2ccc(C(N)=O)cc2c2cnc(-c3cc(C)nn3C)nc21. The number of nitrogens with two attached hydrogens (primary N) is 2. The van der Waals surface area contributed by atoms with Gasteiger partial charge in [0.15, 0.2) is 5.82 Å². The zero-order chi connectivity index (χ0) is 36.1. The summed E-state index contributed by atoms with van der Waals surface area (Å²) in [4.78, 5) is 51.9. The Morgan fingerprint density at radius 1 is 0.843 bits per heavy atom. The second-order valence-electron chi connectivity index (χ2n) is 12.4. The second kappa shape index (κ2) is 12.7. The largest absolute Gasteiger partial charge is 0.366 e. The van der Waals surface area contributed by atoms with Crippen molar-refractivity contribution in [2.24, 2.45) is 18.5 Å². The van der Waals surface area contributed by atoms with Crippen molar-refractivity contribution in [2.45, 2.75) is 47.3 Å². The highest BCUT2D eigenvalue weighted by Gasteiger charge is 2.21. The van der Waals surface area contributed by atoms with Gasteiger partial charge in [0.1, 0.15) is 17.0 Å². The van der Waals surface area contributed by atoms with Crippen LogP contribution in [0.15, 0.2) is 60.8 Å². The molecule has 5 aromatic heterocycles. The van der Waals surface area contributed by atoms with E-state index in [9.17, 15) is 14.4 Å². The summed E-state index contributed by atoms with van der Waals surface area (Å²) >= 11 is 0. The third-order valence-electron chi connectivity index (χ3n) is 8.84. The number of nitrogens with zero attached hydrogens (tertiary/aromatic N) is 9. The topological polar surface area (TPSA) is 199 Å². The Hall–Kier alpha value is -6.64. The van der Waals surface area contributed by atoms with Gasteiger partial charge in [-0.3, -0.25) is 29.1 Å². The van der Waals surface area contributed by atoms with Crippen LogP contribution in [0, 0.1) is 20.8 Å². The van der Waals surface area contributed by atoms with Crippen LogP contribution >= 0.6 is 0 Å². The van der Waals surface area contributed by atoms with Gasteiger partial charge < -0.3 is 20.6 Å². The molecule has 7 rings (SSSR count). The lowest BCUT2D eigenvalue weighted by Gasteiger charge is -2.10. The molecule has 0 atom stereocenters. The van der Waals surface area contributed by atoms with Crippen LogP contribution in [0.1, 0.15) is 55.1 Å². The number of carbonyl (C=O) groups excluding carboxylic acids is 3. The van der Waals surface area contributed by atoms with Gasteiger partial charge in [-0.05, 0) is 75.7 Å². The molecular weight excluding hydrogens is 648 g/mol. The van der Waals surface area contributed by atoms with Crippen LogP contribution in [0.25, 0.3) is 44.5 Å². The fourth-order valence-electron chi connectivity index (χ4n) is 6.54. The molecule has 15 heteroatoms. The number of fused-ring (bicyclic) bond motifs is 4. The van der Waals surface area contributed by atoms with Gasteiger partial charge in [0, 0.05) is 54.8 Å². The summed E-state index contributed by atoms with van der Waals surface area (Å²) in [5, 5.41) is 13.4. The number of amides is 3. The van der Waals surface area contributed by atoms with Crippen molar-refractivity contribution in [3.63, 3.8) is 0 Å². The van der Waals surface area contributed by atoms with Gasteiger partial charge >= 0.3 is 0 Å². The molecule has 2 aromatic carbocycles. The van der Waals surface area contributed by atoms with Crippen molar-refractivity contribution in [2.75, 3.05) is 5.32 Å². The number of carbonyl (C=O) groups is 3. The molecule has 5 N–H and O–H groups in total. The summed E-state index contributed by atoms with van der Waals surface area (Å²) in [5.74, 6) is -0.619. The van der Waals surface area contributed by atoms with E-state index in [0.29, 0.717) is 59.4 Å². The van der Waals surface area contributed by atoms with Crippen molar-refractivity contribution < 1.29 is 14.4 Å². The lowest BCUT2D eigenvalue weighted by Crippen LogP contribution is -2.20. The summed E-state index contributed by atoms with van der Waals surface area (Å²) in [7, 11) is 1.85. The molecule has 0 fully saturated rings. The molecule has 51 heavy (non-hydrogen) atoms. The maximum atomic E-state index is 13.5. The van der Waals surface area contributed by atoms with E-state index >= 15 is 0 Å². The number of rotatable bonds is 10. The highest BCUT2D eigenvalue weighted by Crippen LogP contribution is 2.31. The van der Waals surface area contributed by atoms with E-state index < -0.39 is 11.8 Å². The van der Waals surface area contributed by atoms with Gasteiger partial charge in [-0.15, -0.1) is 0 Å². The summed E-state index contributed by atoms with van der Waals surface area (Å²) in [6.45, 7) is 8.82. The first kappa shape index (κ1) is 32.9. The van der Waals surface area contributed by atoms with Gasteiger partial charge in [-0.25, -0.2) is 15.0 Å². The average molecular weight is 685 g/mol. The average Bonchev–Trinajstić information content (AvgIpc) is 3.83. The number of primary amides is 2. The van der Waals surface area contributed by atoms with Crippen LogP contribution in [0.2, 0.25) is 0 Å². The lowest BCUT2D eigenvalue weighted by molar-refractivity contribution is 0.0992. The number of hydrogen-bond donors (Lipinski definition) is 3. The quantitative estimate of drug-likeness (QED) is 0.178. The molecule has 3 amide bonds. The smallest absolute Gasteiger partial charge is 0.276 e. The zero-order valence-electron chi connectivity index (χ0n) is 28.8. The summed E-state index contributed by atoms with van der Waals surface area (Å²) in [6.07, 6.45) is 5.73. The van der Waals surface area contributed by atoms with Crippen LogP contribution in [0.4, 0.5) is 5.95 Å². The highest BCUT2D eigenvalue weighted by molar-refractivity contribution is 6.09. The van der Waals surface area contributed by atoms with Crippen molar-refractivity contribution in [3.8, 4) is 11.5 Å². The van der Waals surface area contributed by atoms with Gasteiger partial charge in [-0.2, -0.15) is 10.2 Å². The summed E-state index contributed by atoms with van der Waals surface area (Å²) in [6, 6.07) is 12.3. The third-order valence-corrected chi connectivity index (χ3v) is 8.84. The molecule has 258 valence electrons. The van der Waals surface area contributed by atoms with Crippen LogP contribution in [0.5, 0.6) is 0 Å². The Bertz CT molecular complexity index is 2580. The number of nitrogens with one attached hydrogen (secondary N) is 1. The van der Waals surface area contributed by atoms with E-state index in [-0.39, 0.29) is 5.91 Å². The maximum Gasteiger partial charge on any atom is 0.276 e. The molecule has 0 aliphatic rings. The Balaban J connectivity index is 1.28. The van der Waals surface area contributed by atoms with Gasteiger partial charge in [0.05, 0.1) is 27.9 Å². The lowest BCUT2D eigenvalue weighted by atomic mass is 10.1. The molecular formula is C36H36N12O3. The first-order valence-electron chi connectivity index (χ1n) is 16.3. The third kappa shape index (κ3) is 5.88. The Morgan fingerprint density at radius 3 is 2.25 bits per heavy atom. The number of aryl methyl sites for hydroxylation is 5. The van der Waals surface area contributed by atoms with Crippen molar-refractivity contribution in [3.05, 3.63) is 94.6 Å². The molecule has 0 radical (unpaired) electrons. The Morgan fingerprint density at radius 2 is 1.57 bits per heavy atom. The Kier molecular flexibility index (Phi) is 8.17. The van der Waals surface area contributed by atoms with E-state index in [4.69, 9.17) is 21.4 Å². The van der Waals surface area contributed by atoms with E-state index in [1.165, 1.54) is 0 Å². The molecule has 0 unspecified atom stereocenters. The maximum absolute atomic E-state index is 13.5. The first-order chi connectivity index (χ1) is 24.4. The van der Waals surface area contributed by atoms with E-state index in [0.717, 1.165) is 44.5 Å². The predicted octanol–water partition coefficient (Wildman–Crippen LogP) is 4.18. The second-order valence-corrected chi connectivity index (χ2v) is 12.4. The minimum absolute atomic E-state index is 0.311. The fraction of sp³-hybridized carbons (Fsp3) is 0.222. The number of anilines is 1. The number of benzene rings is 2.